The van der Waals surface area contributed by atoms with Crippen LogP contribution in [0.1, 0.15) is 26.7 Å². The number of nitrogens with one attached hydrogen (secondary N) is 1. The van der Waals surface area contributed by atoms with E-state index in [4.69, 9.17) is 0 Å². The maximum Gasteiger partial charge on any atom is 0.365 e. The molecule has 2 aromatic rings. The van der Waals surface area contributed by atoms with Gasteiger partial charge in [0.15, 0.2) is 0 Å². The lowest BCUT2D eigenvalue weighted by molar-refractivity contribution is 0.410. The summed E-state index contributed by atoms with van der Waals surface area (Å²) in [6.45, 7) is 4.86. The first kappa shape index (κ1) is 16.4. The maximum atomic E-state index is 12.6. The average molecular weight is 325 g/mol. The van der Waals surface area contributed by atoms with Crippen molar-refractivity contribution in [2.45, 2.75) is 31.6 Å². The number of benzene rings is 1. The highest BCUT2D eigenvalue weighted by molar-refractivity contribution is 7.89. The third-order valence-electron chi connectivity index (χ3n) is 3.14. The van der Waals surface area contributed by atoms with Crippen molar-refractivity contribution in [2.75, 3.05) is 13.1 Å². The van der Waals surface area contributed by atoms with E-state index in [1.165, 1.54) is 28.6 Å². The molecule has 1 N–H and O–H groups in total. The van der Waals surface area contributed by atoms with Crippen LogP contribution in [0.15, 0.2) is 34.0 Å². The van der Waals surface area contributed by atoms with Crippen LogP contribution in [-0.4, -0.2) is 46.0 Å². The van der Waals surface area contributed by atoms with Gasteiger partial charge >= 0.3 is 5.69 Å². The molecule has 0 aliphatic heterocycles. The van der Waals surface area contributed by atoms with E-state index in [0.29, 0.717) is 18.8 Å². The molecule has 0 radical (unpaired) electrons. The zero-order valence-electron chi connectivity index (χ0n) is 12.6. The van der Waals surface area contributed by atoms with Crippen LogP contribution in [-0.2, 0) is 10.0 Å². The van der Waals surface area contributed by atoms with Crippen molar-refractivity contribution in [3.8, 4) is 5.69 Å². The molecule has 1 aromatic carbocycles. The highest BCUT2D eigenvalue weighted by atomic mass is 32.2. The molecule has 0 aliphatic carbocycles. The smallest absolute Gasteiger partial charge is 0.244 e. The lowest BCUT2D eigenvalue weighted by atomic mass is 10.3. The Labute approximate surface area is 128 Å². The molecule has 120 valence electrons. The fourth-order valence-electron chi connectivity index (χ4n) is 2.13. The standard InChI is InChI=1S/C13H19N5O3S/c1-3-9-17(10-4-2)22(20,21)12-7-5-11(6-8-12)18-13(19)14-15-16-18/h5-8H,3-4,9-10H2,1-2H3,(H,14,16,19). The highest BCUT2D eigenvalue weighted by Gasteiger charge is 2.23. The van der Waals surface area contributed by atoms with Crippen LogP contribution in [0.3, 0.4) is 0 Å². The first-order valence-electron chi connectivity index (χ1n) is 7.11. The maximum absolute atomic E-state index is 12.6. The van der Waals surface area contributed by atoms with Crippen molar-refractivity contribution in [2.24, 2.45) is 0 Å². The molecule has 8 nitrogen and oxygen atoms in total. The number of aromatic nitrogens is 4. The number of H-pyrrole nitrogens is 1. The van der Waals surface area contributed by atoms with Gasteiger partial charge < -0.3 is 0 Å². The van der Waals surface area contributed by atoms with Gasteiger partial charge in [-0.3, -0.25) is 0 Å². The van der Waals surface area contributed by atoms with Gasteiger partial charge in [-0.15, -0.1) is 0 Å². The Morgan fingerprint density at radius 1 is 1.14 bits per heavy atom. The van der Waals surface area contributed by atoms with E-state index in [2.05, 4.69) is 15.5 Å². The second-order valence-corrected chi connectivity index (χ2v) is 6.75. The van der Waals surface area contributed by atoms with Gasteiger partial charge in [0.05, 0.1) is 10.6 Å². The Hall–Kier alpha value is -2.00. The second kappa shape index (κ2) is 6.84. The minimum absolute atomic E-state index is 0.203. The minimum Gasteiger partial charge on any atom is -0.244 e. The molecule has 0 saturated heterocycles. The summed E-state index contributed by atoms with van der Waals surface area (Å²) in [7, 11) is -3.52. The predicted octanol–water partition coefficient (Wildman–Crippen LogP) is 0.766. The molecular weight excluding hydrogens is 306 g/mol. The predicted molar refractivity (Wildman–Crippen MR) is 81.3 cm³/mol. The highest BCUT2D eigenvalue weighted by Crippen LogP contribution is 2.18. The Morgan fingerprint density at radius 3 is 2.18 bits per heavy atom. The number of hydrogen-bond donors (Lipinski definition) is 1. The van der Waals surface area contributed by atoms with Gasteiger partial charge in [0.2, 0.25) is 10.0 Å². The molecule has 0 amide bonds. The normalized spacial score (nSPS) is 12.0. The number of sulfonamides is 1. The molecule has 9 heteroatoms. The van der Waals surface area contributed by atoms with E-state index in [1.807, 2.05) is 13.8 Å². The van der Waals surface area contributed by atoms with E-state index in [0.717, 1.165) is 17.5 Å². The van der Waals surface area contributed by atoms with Gasteiger partial charge in [-0.05, 0) is 47.5 Å². The fourth-order valence-corrected chi connectivity index (χ4v) is 3.75. The topological polar surface area (TPSA) is 101 Å². The minimum atomic E-state index is -3.52. The molecule has 0 aliphatic rings. The Morgan fingerprint density at radius 2 is 1.73 bits per heavy atom. The van der Waals surface area contributed by atoms with Gasteiger partial charge in [0.25, 0.3) is 0 Å². The van der Waals surface area contributed by atoms with E-state index in [-0.39, 0.29) is 4.90 Å². The third-order valence-corrected chi connectivity index (χ3v) is 5.05. The van der Waals surface area contributed by atoms with Crippen molar-refractivity contribution >= 4 is 10.0 Å². The first-order chi connectivity index (χ1) is 10.5. The Bertz CT molecular complexity index is 757. The summed E-state index contributed by atoms with van der Waals surface area (Å²) in [5.41, 5.74) is -0.0237. The fraction of sp³-hybridized carbons (Fsp3) is 0.462. The molecule has 1 aromatic heterocycles. The summed E-state index contributed by atoms with van der Waals surface area (Å²) >= 11 is 0. The summed E-state index contributed by atoms with van der Waals surface area (Å²) in [5.74, 6) is 0. The summed E-state index contributed by atoms with van der Waals surface area (Å²) in [6, 6.07) is 6.02. The molecule has 0 unspecified atom stereocenters. The Kier molecular flexibility index (Phi) is 5.09. The van der Waals surface area contributed by atoms with E-state index < -0.39 is 15.7 Å². The van der Waals surface area contributed by atoms with Crippen molar-refractivity contribution in [1.29, 1.82) is 0 Å². The first-order valence-corrected chi connectivity index (χ1v) is 8.55. The van der Waals surface area contributed by atoms with Crippen LogP contribution in [0, 0.1) is 0 Å². The van der Waals surface area contributed by atoms with Crippen LogP contribution in [0.5, 0.6) is 0 Å². The quantitative estimate of drug-likeness (QED) is 0.810. The van der Waals surface area contributed by atoms with Gasteiger partial charge in [-0.1, -0.05) is 13.8 Å². The van der Waals surface area contributed by atoms with Crippen LogP contribution in [0.4, 0.5) is 0 Å². The molecular formula is C13H19N5O3S. The largest absolute Gasteiger partial charge is 0.365 e. The summed E-state index contributed by atoms with van der Waals surface area (Å²) in [6.07, 6.45) is 1.51. The van der Waals surface area contributed by atoms with Gasteiger partial charge in [-0.2, -0.15) is 8.99 Å². The van der Waals surface area contributed by atoms with E-state index >= 15 is 0 Å². The lowest BCUT2D eigenvalue weighted by Gasteiger charge is -2.21. The van der Waals surface area contributed by atoms with Crippen molar-refractivity contribution in [3.05, 3.63) is 34.7 Å². The molecule has 22 heavy (non-hydrogen) atoms. The third kappa shape index (κ3) is 3.25. The molecule has 0 bridgehead atoms. The van der Waals surface area contributed by atoms with Gasteiger partial charge in [-0.25, -0.2) is 18.3 Å². The van der Waals surface area contributed by atoms with Crippen LogP contribution in [0.25, 0.3) is 5.69 Å². The number of aromatic amines is 1. The average Bonchev–Trinajstić information content (AvgIpc) is 2.93. The molecule has 1 heterocycles. The summed E-state index contributed by atoms with van der Waals surface area (Å²) in [4.78, 5) is 11.6. The molecule has 0 fully saturated rings. The zero-order chi connectivity index (χ0) is 16.2. The molecule has 0 saturated carbocycles. The second-order valence-electron chi connectivity index (χ2n) is 4.82. The SMILES string of the molecule is CCCN(CCC)S(=O)(=O)c1ccc(-n2nn[nH]c2=O)cc1. The summed E-state index contributed by atoms with van der Waals surface area (Å²) in [5, 5.41) is 9.19. The summed E-state index contributed by atoms with van der Waals surface area (Å²) < 4.78 is 27.7. The van der Waals surface area contributed by atoms with Crippen LogP contribution >= 0.6 is 0 Å². The number of nitrogens with zero attached hydrogens (tertiary/aromatic N) is 4. The monoisotopic (exact) mass is 325 g/mol. The zero-order valence-corrected chi connectivity index (χ0v) is 13.4. The Balaban J connectivity index is 2.32. The van der Waals surface area contributed by atoms with Gasteiger partial charge in [0, 0.05) is 13.1 Å². The van der Waals surface area contributed by atoms with Crippen molar-refractivity contribution in [1.82, 2.24) is 24.5 Å². The van der Waals surface area contributed by atoms with Gasteiger partial charge in [0.1, 0.15) is 0 Å². The van der Waals surface area contributed by atoms with Crippen LogP contribution in [0.2, 0.25) is 0 Å². The van der Waals surface area contributed by atoms with Crippen LogP contribution < -0.4 is 5.69 Å². The number of hydrogen-bond acceptors (Lipinski definition) is 5. The van der Waals surface area contributed by atoms with E-state index in [9.17, 15) is 13.2 Å². The molecule has 0 atom stereocenters. The number of rotatable bonds is 7. The van der Waals surface area contributed by atoms with E-state index in [1.54, 1.807) is 0 Å². The lowest BCUT2D eigenvalue weighted by Crippen LogP contribution is -2.32. The van der Waals surface area contributed by atoms with Crippen molar-refractivity contribution < 1.29 is 8.42 Å². The van der Waals surface area contributed by atoms with Crippen molar-refractivity contribution in [3.63, 3.8) is 0 Å². The number of tetrazole rings is 1. The molecule has 0 spiro atoms. The molecule has 2 rings (SSSR count).